The highest BCUT2D eigenvalue weighted by Crippen LogP contribution is 2.37. The molecule has 0 saturated carbocycles. The minimum atomic E-state index is 0.998. The van der Waals surface area contributed by atoms with E-state index in [-0.39, 0.29) is 0 Å². The van der Waals surface area contributed by atoms with E-state index in [2.05, 4.69) is 18.7 Å². The summed E-state index contributed by atoms with van der Waals surface area (Å²) < 4.78 is 0. The maximum Gasteiger partial charge on any atom is 0.0226 e. The second-order valence-electron chi connectivity index (χ2n) is 4.37. The minimum absolute atomic E-state index is 0.998. The summed E-state index contributed by atoms with van der Waals surface area (Å²) in [6.45, 7) is 7.56. The smallest absolute Gasteiger partial charge is 0.0226 e. The normalized spacial score (nSPS) is 48.5. The third kappa shape index (κ3) is 1.44. The molecule has 2 heterocycles. The van der Waals surface area contributed by atoms with Crippen molar-refractivity contribution in [2.24, 2.45) is 11.8 Å². The van der Waals surface area contributed by atoms with Crippen LogP contribution in [0.4, 0.5) is 0 Å². The quantitative estimate of drug-likeness (QED) is 0.549. The fourth-order valence-corrected chi connectivity index (χ4v) is 2.52. The van der Waals surface area contributed by atoms with Crippen molar-refractivity contribution in [2.45, 2.75) is 39.2 Å². The van der Waals surface area contributed by atoms with Gasteiger partial charge in [-0.25, -0.2) is 0 Å². The molecule has 0 aromatic carbocycles. The van der Waals surface area contributed by atoms with E-state index in [0.717, 1.165) is 17.9 Å². The predicted molar refractivity (Wildman–Crippen MR) is 47.5 cm³/mol. The van der Waals surface area contributed by atoms with Crippen LogP contribution >= 0.6 is 0 Å². The molecule has 0 spiro atoms. The average Bonchev–Trinajstić information content (AvgIpc) is 2.67. The average molecular weight is 153 g/mol. The first-order chi connectivity index (χ1) is 5.31. The zero-order chi connectivity index (χ0) is 7.84. The summed E-state index contributed by atoms with van der Waals surface area (Å²) in [5, 5.41) is 0. The SMILES string of the molecule is CCCC1CN2CC2CC1C. The number of fused-ring (bicyclic) bond motifs is 1. The Kier molecular flexibility index (Phi) is 1.92. The van der Waals surface area contributed by atoms with E-state index in [9.17, 15) is 0 Å². The lowest BCUT2D eigenvalue weighted by molar-refractivity contribution is 0.213. The number of hydrogen-bond acceptors (Lipinski definition) is 1. The van der Waals surface area contributed by atoms with Crippen LogP contribution in [0.2, 0.25) is 0 Å². The lowest BCUT2D eigenvalue weighted by Gasteiger charge is -2.28. The van der Waals surface area contributed by atoms with Gasteiger partial charge in [-0.1, -0.05) is 20.3 Å². The molecule has 11 heavy (non-hydrogen) atoms. The van der Waals surface area contributed by atoms with Crippen LogP contribution in [0.3, 0.4) is 0 Å². The van der Waals surface area contributed by atoms with Crippen LogP contribution in [0.15, 0.2) is 0 Å². The van der Waals surface area contributed by atoms with Gasteiger partial charge in [-0.15, -0.1) is 0 Å². The van der Waals surface area contributed by atoms with Crippen LogP contribution in [0.25, 0.3) is 0 Å². The van der Waals surface area contributed by atoms with Gasteiger partial charge in [0.1, 0.15) is 0 Å². The first-order valence-electron chi connectivity index (χ1n) is 5.05. The summed E-state index contributed by atoms with van der Waals surface area (Å²) in [6, 6.07) is 0.998. The first-order valence-corrected chi connectivity index (χ1v) is 5.05. The van der Waals surface area contributed by atoms with Gasteiger partial charge in [-0.2, -0.15) is 0 Å². The zero-order valence-electron chi connectivity index (χ0n) is 7.71. The van der Waals surface area contributed by atoms with Crippen molar-refractivity contribution in [1.82, 2.24) is 4.90 Å². The van der Waals surface area contributed by atoms with Crippen LogP contribution in [-0.2, 0) is 0 Å². The van der Waals surface area contributed by atoms with Crippen molar-refractivity contribution in [3.05, 3.63) is 0 Å². The molecule has 64 valence electrons. The number of piperidine rings is 1. The van der Waals surface area contributed by atoms with Crippen molar-refractivity contribution in [3.8, 4) is 0 Å². The topological polar surface area (TPSA) is 3.01 Å². The van der Waals surface area contributed by atoms with Crippen molar-refractivity contribution in [2.75, 3.05) is 13.1 Å². The highest BCUT2D eigenvalue weighted by atomic mass is 15.3. The Labute approximate surface area is 69.8 Å². The Morgan fingerprint density at radius 2 is 2.18 bits per heavy atom. The molecule has 0 aromatic rings. The van der Waals surface area contributed by atoms with Crippen molar-refractivity contribution < 1.29 is 0 Å². The van der Waals surface area contributed by atoms with E-state index >= 15 is 0 Å². The van der Waals surface area contributed by atoms with Crippen molar-refractivity contribution in [3.63, 3.8) is 0 Å². The molecule has 2 fully saturated rings. The van der Waals surface area contributed by atoms with Gasteiger partial charge < -0.3 is 0 Å². The summed E-state index contributed by atoms with van der Waals surface area (Å²) in [4.78, 5) is 2.64. The Bertz CT molecular complexity index is 144. The molecule has 2 rings (SSSR count). The van der Waals surface area contributed by atoms with Crippen LogP contribution in [0.1, 0.15) is 33.1 Å². The van der Waals surface area contributed by atoms with Crippen LogP contribution in [-0.4, -0.2) is 24.0 Å². The zero-order valence-corrected chi connectivity index (χ0v) is 7.71. The van der Waals surface area contributed by atoms with E-state index in [4.69, 9.17) is 0 Å². The second kappa shape index (κ2) is 2.78. The van der Waals surface area contributed by atoms with Gasteiger partial charge in [0, 0.05) is 19.1 Å². The van der Waals surface area contributed by atoms with Gasteiger partial charge in [0.15, 0.2) is 0 Å². The Balaban J connectivity index is 1.87. The van der Waals surface area contributed by atoms with Gasteiger partial charge in [0.25, 0.3) is 0 Å². The van der Waals surface area contributed by atoms with Crippen molar-refractivity contribution in [1.29, 1.82) is 0 Å². The molecule has 0 amide bonds. The predicted octanol–water partition coefficient (Wildman–Crippen LogP) is 2.13. The van der Waals surface area contributed by atoms with Crippen LogP contribution < -0.4 is 0 Å². The van der Waals surface area contributed by atoms with E-state index in [1.165, 1.54) is 32.4 Å². The molecule has 1 heteroatoms. The molecule has 2 aliphatic rings. The third-order valence-electron chi connectivity index (χ3n) is 3.41. The molecular formula is C10H19N. The van der Waals surface area contributed by atoms with E-state index in [1.807, 2.05) is 0 Å². The summed E-state index contributed by atoms with van der Waals surface area (Å²) in [5.74, 6) is 2.01. The summed E-state index contributed by atoms with van der Waals surface area (Å²) in [6.07, 6.45) is 4.29. The molecule has 4 unspecified atom stereocenters. The maximum absolute atomic E-state index is 2.64. The van der Waals surface area contributed by atoms with Gasteiger partial charge in [0.2, 0.25) is 0 Å². The number of hydrogen-bond donors (Lipinski definition) is 0. The number of rotatable bonds is 2. The molecule has 0 radical (unpaired) electrons. The molecule has 4 atom stereocenters. The highest BCUT2D eigenvalue weighted by molar-refractivity contribution is 4.97. The fraction of sp³-hybridized carbons (Fsp3) is 1.00. The Morgan fingerprint density at radius 3 is 2.91 bits per heavy atom. The highest BCUT2D eigenvalue weighted by Gasteiger charge is 2.42. The third-order valence-corrected chi connectivity index (χ3v) is 3.41. The fourth-order valence-electron chi connectivity index (χ4n) is 2.52. The Hall–Kier alpha value is -0.0400. The number of nitrogens with zero attached hydrogens (tertiary/aromatic N) is 1. The van der Waals surface area contributed by atoms with Gasteiger partial charge in [-0.05, 0) is 24.7 Å². The molecule has 2 aliphatic heterocycles. The van der Waals surface area contributed by atoms with Crippen LogP contribution in [0, 0.1) is 11.8 Å². The van der Waals surface area contributed by atoms with Gasteiger partial charge in [-0.3, -0.25) is 4.90 Å². The molecule has 0 aromatic heterocycles. The molecule has 0 N–H and O–H groups in total. The minimum Gasteiger partial charge on any atom is -0.297 e. The monoisotopic (exact) mass is 153 g/mol. The van der Waals surface area contributed by atoms with E-state index in [0.29, 0.717) is 0 Å². The molecule has 0 aliphatic carbocycles. The van der Waals surface area contributed by atoms with E-state index < -0.39 is 0 Å². The Morgan fingerprint density at radius 1 is 1.36 bits per heavy atom. The summed E-state index contributed by atoms with van der Waals surface area (Å²) >= 11 is 0. The largest absolute Gasteiger partial charge is 0.297 e. The van der Waals surface area contributed by atoms with E-state index in [1.54, 1.807) is 0 Å². The summed E-state index contributed by atoms with van der Waals surface area (Å²) in [5.41, 5.74) is 0. The van der Waals surface area contributed by atoms with Gasteiger partial charge in [0.05, 0.1) is 0 Å². The van der Waals surface area contributed by atoms with Gasteiger partial charge >= 0.3 is 0 Å². The lowest BCUT2D eigenvalue weighted by atomic mass is 9.85. The molecule has 2 saturated heterocycles. The molecular weight excluding hydrogens is 134 g/mol. The first kappa shape index (κ1) is 7.60. The second-order valence-corrected chi connectivity index (χ2v) is 4.37. The standard InChI is InChI=1S/C10H19N/c1-3-4-9-6-11-7-10(11)5-8(9)2/h8-10H,3-7H2,1-2H3. The molecule has 0 bridgehead atoms. The lowest BCUT2D eigenvalue weighted by Crippen LogP contribution is -2.28. The maximum atomic E-state index is 2.64. The van der Waals surface area contributed by atoms with Crippen LogP contribution in [0.5, 0.6) is 0 Å². The van der Waals surface area contributed by atoms with Crippen molar-refractivity contribution >= 4 is 0 Å². The summed E-state index contributed by atoms with van der Waals surface area (Å²) in [7, 11) is 0. The molecule has 1 nitrogen and oxygen atoms in total.